The van der Waals surface area contributed by atoms with Crippen LogP contribution in [0.1, 0.15) is 6.92 Å². The Balaban J connectivity index is 2.13. The van der Waals surface area contributed by atoms with Gasteiger partial charge < -0.3 is 4.74 Å². The summed E-state index contributed by atoms with van der Waals surface area (Å²) in [5.41, 5.74) is 0. The molecular formula is C4H7BrO. The van der Waals surface area contributed by atoms with Crippen molar-refractivity contribution in [2.24, 2.45) is 0 Å². The molecule has 0 spiro atoms. The van der Waals surface area contributed by atoms with E-state index in [2.05, 4.69) is 22.9 Å². The van der Waals surface area contributed by atoms with E-state index in [0.29, 0.717) is 10.9 Å². The van der Waals surface area contributed by atoms with Crippen molar-refractivity contribution in [3.05, 3.63) is 0 Å². The first-order valence-electron chi connectivity index (χ1n) is 2.06. The van der Waals surface area contributed by atoms with E-state index >= 15 is 0 Å². The van der Waals surface area contributed by atoms with Crippen LogP contribution in [0, 0.1) is 0 Å². The highest BCUT2D eigenvalue weighted by Crippen LogP contribution is 2.19. The standard InChI is InChI=1S/C4H7BrO/c1-3(5)4-2-6-4/h3-4H,2H2,1H3/t3-,4-/m1/s1. The van der Waals surface area contributed by atoms with E-state index in [1.807, 2.05) is 0 Å². The van der Waals surface area contributed by atoms with E-state index in [1.54, 1.807) is 0 Å². The first kappa shape index (κ1) is 4.60. The van der Waals surface area contributed by atoms with Gasteiger partial charge in [-0.15, -0.1) is 0 Å². The van der Waals surface area contributed by atoms with Crippen LogP contribution in [0.25, 0.3) is 0 Å². The zero-order valence-electron chi connectivity index (χ0n) is 3.65. The maximum absolute atomic E-state index is 4.92. The van der Waals surface area contributed by atoms with Crippen molar-refractivity contribution in [1.82, 2.24) is 0 Å². The minimum absolute atomic E-state index is 0.519. The SMILES string of the molecule is C[C@@H](Br)[C@H]1CO1. The van der Waals surface area contributed by atoms with Crippen LogP contribution < -0.4 is 0 Å². The molecule has 2 heteroatoms. The summed E-state index contributed by atoms with van der Waals surface area (Å²) >= 11 is 3.38. The Kier molecular flexibility index (Phi) is 1.15. The predicted octanol–water partition coefficient (Wildman–Crippen LogP) is 1.17. The summed E-state index contributed by atoms with van der Waals surface area (Å²) < 4.78 is 4.92. The van der Waals surface area contributed by atoms with Gasteiger partial charge in [0.2, 0.25) is 0 Å². The van der Waals surface area contributed by atoms with E-state index in [4.69, 9.17) is 4.74 Å². The van der Waals surface area contributed by atoms with Gasteiger partial charge in [-0.25, -0.2) is 0 Å². The van der Waals surface area contributed by atoms with Crippen molar-refractivity contribution in [2.75, 3.05) is 6.61 Å². The molecule has 6 heavy (non-hydrogen) atoms. The molecule has 0 N–H and O–H groups in total. The summed E-state index contributed by atoms with van der Waals surface area (Å²) in [6.45, 7) is 3.05. The van der Waals surface area contributed by atoms with Crippen molar-refractivity contribution in [1.29, 1.82) is 0 Å². The lowest BCUT2D eigenvalue weighted by molar-refractivity contribution is 0.409. The molecule has 1 aliphatic rings. The number of halogens is 1. The van der Waals surface area contributed by atoms with Gasteiger partial charge in [0.05, 0.1) is 12.7 Å². The van der Waals surface area contributed by atoms with Crippen LogP contribution in [-0.2, 0) is 4.74 Å². The molecule has 0 radical (unpaired) electrons. The summed E-state index contributed by atoms with van der Waals surface area (Å²) in [4.78, 5) is 0.553. The molecule has 2 atom stereocenters. The van der Waals surface area contributed by atoms with Crippen LogP contribution in [0.3, 0.4) is 0 Å². The van der Waals surface area contributed by atoms with Gasteiger partial charge in [-0.1, -0.05) is 22.9 Å². The Morgan fingerprint density at radius 3 is 2.50 bits per heavy atom. The third-order valence-electron chi connectivity index (χ3n) is 0.871. The lowest BCUT2D eigenvalue weighted by Crippen LogP contribution is -1.97. The molecule has 1 aliphatic heterocycles. The quantitative estimate of drug-likeness (QED) is 0.404. The lowest BCUT2D eigenvalue weighted by Gasteiger charge is -1.88. The van der Waals surface area contributed by atoms with Crippen molar-refractivity contribution < 1.29 is 4.74 Å². The third-order valence-corrected chi connectivity index (χ3v) is 1.46. The van der Waals surface area contributed by atoms with Crippen LogP contribution in [0.2, 0.25) is 0 Å². The Labute approximate surface area is 45.8 Å². The van der Waals surface area contributed by atoms with Crippen LogP contribution in [0.5, 0.6) is 0 Å². The smallest absolute Gasteiger partial charge is 0.0931 e. The number of epoxide rings is 1. The molecule has 0 bridgehead atoms. The number of hydrogen-bond donors (Lipinski definition) is 0. The second-order valence-electron chi connectivity index (χ2n) is 1.55. The van der Waals surface area contributed by atoms with E-state index in [-0.39, 0.29) is 0 Å². The Bertz CT molecular complexity index is 49.5. The molecule has 1 rings (SSSR count). The molecule has 1 saturated heterocycles. The maximum Gasteiger partial charge on any atom is 0.0931 e. The summed E-state index contributed by atoms with van der Waals surface area (Å²) in [5, 5.41) is 0. The normalized spacial score (nSPS) is 36.0. The molecular weight excluding hydrogens is 144 g/mol. The fraction of sp³-hybridized carbons (Fsp3) is 1.00. The Morgan fingerprint density at radius 2 is 2.50 bits per heavy atom. The average molecular weight is 151 g/mol. The minimum Gasteiger partial charge on any atom is -0.372 e. The van der Waals surface area contributed by atoms with Gasteiger partial charge in [0.1, 0.15) is 0 Å². The third kappa shape index (κ3) is 0.949. The molecule has 0 aromatic carbocycles. The monoisotopic (exact) mass is 150 g/mol. The topological polar surface area (TPSA) is 12.5 Å². The first-order valence-corrected chi connectivity index (χ1v) is 2.98. The molecule has 36 valence electrons. The molecule has 0 unspecified atom stereocenters. The molecule has 0 amide bonds. The van der Waals surface area contributed by atoms with Gasteiger partial charge in [-0.3, -0.25) is 0 Å². The van der Waals surface area contributed by atoms with Gasteiger partial charge in [-0.05, 0) is 0 Å². The largest absolute Gasteiger partial charge is 0.372 e. The molecule has 0 aromatic rings. The number of hydrogen-bond acceptors (Lipinski definition) is 1. The van der Waals surface area contributed by atoms with Gasteiger partial charge >= 0.3 is 0 Å². The molecule has 1 heterocycles. The number of alkyl halides is 1. The van der Waals surface area contributed by atoms with E-state index in [1.165, 1.54) is 0 Å². The number of ether oxygens (including phenoxy) is 1. The van der Waals surface area contributed by atoms with Crippen LogP contribution in [0.4, 0.5) is 0 Å². The second kappa shape index (κ2) is 1.51. The molecule has 0 aliphatic carbocycles. The summed E-state index contributed by atoms with van der Waals surface area (Å²) in [6, 6.07) is 0. The van der Waals surface area contributed by atoms with Crippen LogP contribution in [-0.4, -0.2) is 17.5 Å². The molecule has 0 saturated carbocycles. The van der Waals surface area contributed by atoms with Crippen molar-refractivity contribution >= 4 is 15.9 Å². The number of rotatable bonds is 1. The fourth-order valence-electron chi connectivity index (χ4n) is 0.321. The lowest BCUT2D eigenvalue weighted by atomic mass is 10.4. The average Bonchev–Trinajstić information content (AvgIpc) is 2.06. The van der Waals surface area contributed by atoms with Crippen LogP contribution >= 0.6 is 15.9 Å². The first-order chi connectivity index (χ1) is 2.80. The van der Waals surface area contributed by atoms with Crippen LogP contribution in [0.15, 0.2) is 0 Å². The van der Waals surface area contributed by atoms with E-state index in [9.17, 15) is 0 Å². The molecule has 0 aromatic heterocycles. The Morgan fingerprint density at radius 1 is 2.00 bits per heavy atom. The predicted molar refractivity (Wildman–Crippen MR) is 28.1 cm³/mol. The molecule has 1 fully saturated rings. The zero-order valence-corrected chi connectivity index (χ0v) is 5.23. The summed E-state index contributed by atoms with van der Waals surface area (Å²) in [5.74, 6) is 0. The highest BCUT2D eigenvalue weighted by atomic mass is 79.9. The van der Waals surface area contributed by atoms with Crippen molar-refractivity contribution in [2.45, 2.75) is 17.9 Å². The van der Waals surface area contributed by atoms with Crippen molar-refractivity contribution in [3.63, 3.8) is 0 Å². The highest BCUT2D eigenvalue weighted by molar-refractivity contribution is 9.09. The maximum atomic E-state index is 4.92. The molecule has 1 nitrogen and oxygen atoms in total. The minimum atomic E-state index is 0.519. The fourth-order valence-corrected chi connectivity index (χ4v) is 0.626. The van der Waals surface area contributed by atoms with Gasteiger partial charge in [0.15, 0.2) is 0 Å². The zero-order chi connectivity index (χ0) is 4.57. The highest BCUT2D eigenvalue weighted by Gasteiger charge is 2.26. The second-order valence-corrected chi connectivity index (χ2v) is 2.99. The van der Waals surface area contributed by atoms with Crippen molar-refractivity contribution in [3.8, 4) is 0 Å². The van der Waals surface area contributed by atoms with Gasteiger partial charge in [0.25, 0.3) is 0 Å². The summed E-state index contributed by atoms with van der Waals surface area (Å²) in [7, 11) is 0. The van der Waals surface area contributed by atoms with E-state index < -0.39 is 0 Å². The van der Waals surface area contributed by atoms with E-state index in [0.717, 1.165) is 6.61 Å². The Hall–Kier alpha value is 0.440. The summed E-state index contributed by atoms with van der Waals surface area (Å²) in [6.07, 6.45) is 0.519. The van der Waals surface area contributed by atoms with Gasteiger partial charge in [-0.2, -0.15) is 0 Å². The van der Waals surface area contributed by atoms with Gasteiger partial charge in [0, 0.05) is 4.83 Å².